The average molecular weight is 370 g/mol. The summed E-state index contributed by atoms with van der Waals surface area (Å²) in [5, 5.41) is 49.5. The Hall–Kier alpha value is -2.37. The van der Waals surface area contributed by atoms with E-state index in [1.807, 2.05) is 0 Å². The summed E-state index contributed by atoms with van der Waals surface area (Å²) in [6.07, 6.45) is -7.54. The zero-order valence-corrected chi connectivity index (χ0v) is 13.6. The van der Waals surface area contributed by atoms with Crippen molar-refractivity contribution in [3.05, 3.63) is 28.6 Å². The minimum atomic E-state index is -1.67. The summed E-state index contributed by atoms with van der Waals surface area (Å²) in [5.41, 5.74) is -0.574. The van der Waals surface area contributed by atoms with Gasteiger partial charge in [-0.05, 0) is 6.07 Å². The van der Waals surface area contributed by atoms with Gasteiger partial charge in [-0.15, -0.1) is 0 Å². The second-order valence-corrected chi connectivity index (χ2v) is 5.74. The summed E-state index contributed by atoms with van der Waals surface area (Å²) in [5.74, 6) is -0.709. The van der Waals surface area contributed by atoms with Gasteiger partial charge < -0.3 is 44.2 Å². The molecule has 0 saturated carbocycles. The molecule has 3 rings (SSSR count). The summed E-state index contributed by atoms with van der Waals surface area (Å²) in [4.78, 5) is 11.3. The average Bonchev–Trinajstić information content (AvgIpc) is 2.63. The van der Waals surface area contributed by atoms with Gasteiger partial charge in [0.2, 0.25) is 12.0 Å². The first-order valence-corrected chi connectivity index (χ1v) is 7.68. The third-order valence-electron chi connectivity index (χ3n) is 4.12. The number of phenolic OH excluding ortho intramolecular Hbond substituents is 1. The lowest BCUT2D eigenvalue weighted by Crippen LogP contribution is -2.60. The van der Waals surface area contributed by atoms with Crippen LogP contribution in [0.25, 0.3) is 11.0 Å². The molecule has 0 bridgehead atoms. The highest BCUT2D eigenvalue weighted by atomic mass is 16.7. The molecule has 0 unspecified atom stereocenters. The van der Waals surface area contributed by atoms with E-state index >= 15 is 0 Å². The minimum Gasteiger partial charge on any atom is -0.504 e. The molecule has 1 saturated heterocycles. The van der Waals surface area contributed by atoms with Crippen LogP contribution in [0.15, 0.2) is 27.4 Å². The zero-order chi connectivity index (χ0) is 19.0. The number of phenols is 1. The molecule has 1 fully saturated rings. The van der Waals surface area contributed by atoms with Gasteiger partial charge in [0, 0.05) is 12.1 Å². The first-order valence-electron chi connectivity index (χ1n) is 7.68. The molecule has 0 amide bonds. The van der Waals surface area contributed by atoms with Crippen LogP contribution in [-0.2, 0) is 4.74 Å². The van der Waals surface area contributed by atoms with E-state index in [9.17, 15) is 30.3 Å². The molecule has 1 aromatic carbocycles. The summed E-state index contributed by atoms with van der Waals surface area (Å²) in [6.45, 7) is -0.628. The molecule has 10 nitrogen and oxygen atoms in total. The van der Waals surface area contributed by atoms with E-state index in [2.05, 4.69) is 0 Å². The predicted molar refractivity (Wildman–Crippen MR) is 85.1 cm³/mol. The van der Waals surface area contributed by atoms with Crippen LogP contribution in [-0.4, -0.2) is 70.0 Å². The van der Waals surface area contributed by atoms with Gasteiger partial charge in [0.1, 0.15) is 30.0 Å². The molecular weight excluding hydrogens is 352 g/mol. The number of aliphatic hydroxyl groups excluding tert-OH is 4. The molecule has 5 atom stereocenters. The Kier molecular flexibility index (Phi) is 5.03. The first kappa shape index (κ1) is 18.4. The van der Waals surface area contributed by atoms with Gasteiger partial charge in [-0.1, -0.05) is 0 Å². The Bertz CT molecular complexity index is 845. The number of hydrogen-bond acceptors (Lipinski definition) is 10. The number of benzene rings is 1. The van der Waals surface area contributed by atoms with Crippen molar-refractivity contribution in [2.45, 2.75) is 30.7 Å². The van der Waals surface area contributed by atoms with Crippen molar-refractivity contribution >= 4 is 11.0 Å². The third kappa shape index (κ3) is 3.08. The van der Waals surface area contributed by atoms with Gasteiger partial charge >= 0.3 is 5.63 Å². The van der Waals surface area contributed by atoms with E-state index in [0.717, 1.165) is 6.07 Å². The van der Waals surface area contributed by atoms with Crippen molar-refractivity contribution in [1.82, 2.24) is 0 Å². The van der Waals surface area contributed by atoms with Crippen LogP contribution in [0.2, 0.25) is 0 Å². The number of rotatable bonds is 4. The normalized spacial score (nSPS) is 28.9. The third-order valence-corrected chi connectivity index (χ3v) is 4.12. The van der Waals surface area contributed by atoms with E-state index in [-0.39, 0.29) is 22.5 Å². The Morgan fingerprint density at radius 2 is 1.88 bits per heavy atom. The van der Waals surface area contributed by atoms with E-state index in [4.69, 9.17) is 18.6 Å². The highest BCUT2D eigenvalue weighted by Crippen LogP contribution is 2.43. The lowest BCUT2D eigenvalue weighted by Gasteiger charge is -2.39. The van der Waals surface area contributed by atoms with Gasteiger partial charge in [-0.25, -0.2) is 4.79 Å². The quantitative estimate of drug-likeness (QED) is 0.409. The highest BCUT2D eigenvalue weighted by molar-refractivity contribution is 5.88. The molecule has 5 N–H and O–H groups in total. The monoisotopic (exact) mass is 370 g/mol. The maximum Gasteiger partial charge on any atom is 0.336 e. The summed E-state index contributed by atoms with van der Waals surface area (Å²) < 4.78 is 20.8. The van der Waals surface area contributed by atoms with E-state index < -0.39 is 48.7 Å². The largest absolute Gasteiger partial charge is 0.504 e. The van der Waals surface area contributed by atoms with Crippen LogP contribution in [0, 0.1) is 0 Å². The summed E-state index contributed by atoms with van der Waals surface area (Å²) in [6, 6.07) is 3.72. The molecule has 0 aliphatic carbocycles. The Morgan fingerprint density at radius 1 is 1.15 bits per heavy atom. The highest BCUT2D eigenvalue weighted by Gasteiger charge is 2.45. The van der Waals surface area contributed by atoms with Crippen LogP contribution < -0.4 is 15.1 Å². The molecule has 1 aromatic heterocycles. The number of methoxy groups -OCH3 is 1. The van der Waals surface area contributed by atoms with Crippen molar-refractivity contribution < 1.29 is 44.2 Å². The van der Waals surface area contributed by atoms with Crippen molar-refractivity contribution in [3.8, 4) is 17.2 Å². The van der Waals surface area contributed by atoms with Crippen molar-refractivity contribution in [3.63, 3.8) is 0 Å². The van der Waals surface area contributed by atoms with Crippen LogP contribution in [0.4, 0.5) is 0 Å². The molecule has 10 heteroatoms. The molecule has 2 heterocycles. The maximum atomic E-state index is 11.3. The zero-order valence-electron chi connectivity index (χ0n) is 13.6. The molecule has 1 aliphatic heterocycles. The SMILES string of the molecule is COc1cc2oc(=O)ccc2c(O)c1O[C@@H]1O[C@H](CO)[C@@H](O)[C@H](O)[C@H]1O. The lowest BCUT2D eigenvalue weighted by atomic mass is 9.99. The van der Waals surface area contributed by atoms with Crippen molar-refractivity contribution in [1.29, 1.82) is 0 Å². The Balaban J connectivity index is 2.01. The van der Waals surface area contributed by atoms with Gasteiger partial charge in [0.05, 0.1) is 19.1 Å². The van der Waals surface area contributed by atoms with E-state index in [1.165, 1.54) is 19.2 Å². The second-order valence-electron chi connectivity index (χ2n) is 5.74. The number of ether oxygens (including phenoxy) is 3. The molecule has 0 radical (unpaired) electrons. The molecule has 0 spiro atoms. The molecule has 1 aliphatic rings. The van der Waals surface area contributed by atoms with Crippen LogP contribution in [0.3, 0.4) is 0 Å². The van der Waals surface area contributed by atoms with E-state index in [1.54, 1.807) is 0 Å². The summed E-state index contributed by atoms with van der Waals surface area (Å²) >= 11 is 0. The molecule has 142 valence electrons. The van der Waals surface area contributed by atoms with Gasteiger partial charge in [-0.3, -0.25) is 0 Å². The van der Waals surface area contributed by atoms with Gasteiger partial charge in [0.15, 0.2) is 11.5 Å². The van der Waals surface area contributed by atoms with Gasteiger partial charge in [0.25, 0.3) is 0 Å². The Labute approximate surface area is 146 Å². The molecule has 26 heavy (non-hydrogen) atoms. The molecule has 2 aromatic rings. The van der Waals surface area contributed by atoms with Crippen LogP contribution in [0.1, 0.15) is 0 Å². The summed E-state index contributed by atoms with van der Waals surface area (Å²) in [7, 11) is 1.28. The first-order chi connectivity index (χ1) is 12.4. The predicted octanol–water partition coefficient (Wildman–Crippen LogP) is -1.31. The minimum absolute atomic E-state index is 0.0266. The second kappa shape index (κ2) is 7.09. The van der Waals surface area contributed by atoms with Crippen LogP contribution in [0.5, 0.6) is 17.2 Å². The number of aromatic hydroxyl groups is 1. The van der Waals surface area contributed by atoms with E-state index in [0.29, 0.717) is 0 Å². The van der Waals surface area contributed by atoms with Gasteiger partial charge in [-0.2, -0.15) is 0 Å². The number of hydrogen-bond donors (Lipinski definition) is 5. The number of aliphatic hydroxyl groups is 4. The molecular formula is C16H18O10. The van der Waals surface area contributed by atoms with Crippen LogP contribution >= 0.6 is 0 Å². The maximum absolute atomic E-state index is 11.3. The fourth-order valence-electron chi connectivity index (χ4n) is 2.70. The van der Waals surface area contributed by atoms with Crippen molar-refractivity contribution in [2.75, 3.05) is 13.7 Å². The standard InChI is InChI=1S/C16H18O10/c1-23-8-4-7-6(2-3-10(18)24-7)11(19)15(8)26-16-14(22)13(21)12(20)9(5-17)25-16/h2-4,9,12-14,16-17,19-22H,5H2,1H3/t9-,12-,13+,14-,16+/m1/s1. The fourth-order valence-corrected chi connectivity index (χ4v) is 2.70. The fraction of sp³-hybridized carbons (Fsp3) is 0.438. The Morgan fingerprint density at radius 3 is 2.54 bits per heavy atom. The smallest absolute Gasteiger partial charge is 0.336 e. The van der Waals surface area contributed by atoms with Crippen molar-refractivity contribution in [2.24, 2.45) is 0 Å². The topological polar surface area (TPSA) is 159 Å². The lowest BCUT2D eigenvalue weighted by molar-refractivity contribution is -0.277. The number of fused-ring (bicyclic) bond motifs is 1.